The van der Waals surface area contributed by atoms with Crippen molar-refractivity contribution in [3.05, 3.63) is 30.3 Å². The normalized spacial score (nSPS) is 17.0. The predicted octanol–water partition coefficient (Wildman–Crippen LogP) is 1.93. The summed E-state index contributed by atoms with van der Waals surface area (Å²) in [7, 11) is 2.06. The number of morpholine rings is 1. The molecule has 1 aliphatic heterocycles. The fourth-order valence-electron chi connectivity index (χ4n) is 2.92. The van der Waals surface area contributed by atoms with Crippen LogP contribution in [-0.4, -0.2) is 81.9 Å². The molecule has 1 saturated heterocycles. The molecule has 1 heterocycles. The molecular formula is C20H34N4O2. The van der Waals surface area contributed by atoms with Gasteiger partial charge < -0.3 is 19.7 Å². The smallest absolute Gasteiger partial charge is 0.193 e. The van der Waals surface area contributed by atoms with Crippen LogP contribution in [0.25, 0.3) is 0 Å². The summed E-state index contributed by atoms with van der Waals surface area (Å²) in [6, 6.07) is 9.92. The van der Waals surface area contributed by atoms with Gasteiger partial charge >= 0.3 is 0 Å². The first-order valence-corrected chi connectivity index (χ1v) is 9.66. The van der Waals surface area contributed by atoms with Gasteiger partial charge in [0.25, 0.3) is 0 Å². The molecule has 0 spiro atoms. The van der Waals surface area contributed by atoms with Crippen molar-refractivity contribution in [2.75, 3.05) is 66.1 Å². The molecule has 1 atom stereocenters. The van der Waals surface area contributed by atoms with Crippen LogP contribution >= 0.6 is 0 Å². The van der Waals surface area contributed by atoms with Crippen molar-refractivity contribution in [3.8, 4) is 5.75 Å². The van der Waals surface area contributed by atoms with Crippen LogP contribution < -0.4 is 10.1 Å². The molecule has 1 aromatic rings. The minimum atomic E-state index is 0.524. The number of ether oxygens (including phenoxy) is 2. The van der Waals surface area contributed by atoms with Gasteiger partial charge in [0.05, 0.1) is 19.8 Å². The Morgan fingerprint density at radius 1 is 1.31 bits per heavy atom. The zero-order valence-corrected chi connectivity index (χ0v) is 16.5. The van der Waals surface area contributed by atoms with Gasteiger partial charge in [-0.25, -0.2) is 0 Å². The predicted molar refractivity (Wildman–Crippen MR) is 107 cm³/mol. The van der Waals surface area contributed by atoms with Gasteiger partial charge in [-0.1, -0.05) is 25.1 Å². The highest BCUT2D eigenvalue weighted by Crippen LogP contribution is 2.08. The first-order chi connectivity index (χ1) is 12.7. The minimum absolute atomic E-state index is 0.524. The van der Waals surface area contributed by atoms with Gasteiger partial charge in [-0.2, -0.15) is 0 Å². The number of para-hydroxylation sites is 1. The van der Waals surface area contributed by atoms with E-state index in [0.29, 0.717) is 12.5 Å². The lowest BCUT2D eigenvalue weighted by Gasteiger charge is -2.29. The summed E-state index contributed by atoms with van der Waals surface area (Å²) in [5.41, 5.74) is 0. The maximum atomic E-state index is 5.79. The summed E-state index contributed by atoms with van der Waals surface area (Å²) in [6.45, 7) is 12.3. The first kappa shape index (κ1) is 20.5. The number of hydrogen-bond donors (Lipinski definition) is 1. The van der Waals surface area contributed by atoms with Gasteiger partial charge in [0.15, 0.2) is 5.96 Å². The molecule has 0 aliphatic carbocycles. The number of benzene rings is 1. The second-order valence-corrected chi connectivity index (χ2v) is 6.80. The Morgan fingerprint density at radius 3 is 2.73 bits per heavy atom. The third-order valence-corrected chi connectivity index (χ3v) is 4.36. The molecule has 6 nitrogen and oxygen atoms in total. The highest BCUT2D eigenvalue weighted by molar-refractivity contribution is 5.79. The molecule has 0 aromatic heterocycles. The van der Waals surface area contributed by atoms with E-state index in [1.54, 1.807) is 0 Å². The molecule has 0 amide bonds. The number of guanidine groups is 1. The molecule has 1 aromatic carbocycles. The molecule has 6 heteroatoms. The van der Waals surface area contributed by atoms with Crippen LogP contribution in [0.2, 0.25) is 0 Å². The number of rotatable bonds is 9. The lowest BCUT2D eigenvalue weighted by Crippen LogP contribution is -2.42. The summed E-state index contributed by atoms with van der Waals surface area (Å²) < 4.78 is 11.2. The van der Waals surface area contributed by atoms with E-state index in [0.717, 1.165) is 64.2 Å². The fourth-order valence-corrected chi connectivity index (χ4v) is 2.92. The van der Waals surface area contributed by atoms with Crippen molar-refractivity contribution in [3.63, 3.8) is 0 Å². The van der Waals surface area contributed by atoms with E-state index in [4.69, 9.17) is 14.5 Å². The Hall–Kier alpha value is -1.79. The van der Waals surface area contributed by atoms with E-state index in [-0.39, 0.29) is 0 Å². The zero-order valence-electron chi connectivity index (χ0n) is 16.5. The molecule has 1 fully saturated rings. The zero-order chi connectivity index (χ0) is 18.6. The van der Waals surface area contributed by atoms with Crippen LogP contribution in [0.15, 0.2) is 35.3 Å². The van der Waals surface area contributed by atoms with Crippen LogP contribution in [0.5, 0.6) is 5.75 Å². The van der Waals surface area contributed by atoms with Crippen molar-refractivity contribution in [2.45, 2.75) is 13.8 Å². The number of nitrogens with one attached hydrogen (secondary N) is 1. The van der Waals surface area contributed by atoms with Gasteiger partial charge in [0.1, 0.15) is 12.4 Å². The van der Waals surface area contributed by atoms with Crippen molar-refractivity contribution >= 4 is 5.96 Å². The Balaban J connectivity index is 1.76. The Kier molecular flexibility index (Phi) is 9.28. The van der Waals surface area contributed by atoms with Crippen molar-refractivity contribution < 1.29 is 9.47 Å². The van der Waals surface area contributed by atoms with E-state index in [9.17, 15) is 0 Å². The van der Waals surface area contributed by atoms with E-state index < -0.39 is 0 Å². The quantitative estimate of drug-likeness (QED) is 0.537. The standard InChI is InChI=1S/C20H34N4O2/c1-4-21-20(22-16-18(2)17-24-11-13-25-14-12-24)23(3)10-15-26-19-8-6-5-7-9-19/h5-9,18H,4,10-17H2,1-3H3,(H,21,22). The number of nitrogens with zero attached hydrogens (tertiary/aromatic N) is 3. The highest BCUT2D eigenvalue weighted by atomic mass is 16.5. The molecule has 0 bridgehead atoms. The molecule has 0 saturated carbocycles. The minimum Gasteiger partial charge on any atom is -0.492 e. The average molecular weight is 363 g/mol. The summed E-state index contributed by atoms with van der Waals surface area (Å²) in [4.78, 5) is 9.42. The lowest BCUT2D eigenvalue weighted by molar-refractivity contribution is 0.0323. The Bertz CT molecular complexity index is 518. The van der Waals surface area contributed by atoms with Crippen molar-refractivity contribution in [1.82, 2.24) is 15.1 Å². The van der Waals surface area contributed by atoms with Crippen LogP contribution in [0.1, 0.15) is 13.8 Å². The molecule has 0 radical (unpaired) electrons. The van der Waals surface area contributed by atoms with Crippen LogP contribution in [0.4, 0.5) is 0 Å². The summed E-state index contributed by atoms with van der Waals surface area (Å²) in [6.07, 6.45) is 0. The Labute approximate surface area is 158 Å². The number of likely N-dealkylation sites (N-methyl/N-ethyl adjacent to an activating group) is 1. The van der Waals surface area contributed by atoms with E-state index in [1.807, 2.05) is 30.3 Å². The van der Waals surface area contributed by atoms with Crippen LogP contribution in [-0.2, 0) is 4.74 Å². The first-order valence-electron chi connectivity index (χ1n) is 9.66. The summed E-state index contributed by atoms with van der Waals surface area (Å²) in [5.74, 6) is 2.37. The molecular weight excluding hydrogens is 328 g/mol. The van der Waals surface area contributed by atoms with E-state index >= 15 is 0 Å². The fraction of sp³-hybridized carbons (Fsp3) is 0.650. The second-order valence-electron chi connectivity index (χ2n) is 6.80. The van der Waals surface area contributed by atoms with Gasteiger partial charge in [0.2, 0.25) is 0 Å². The molecule has 146 valence electrons. The number of hydrogen-bond acceptors (Lipinski definition) is 4. The van der Waals surface area contributed by atoms with Crippen molar-refractivity contribution in [1.29, 1.82) is 0 Å². The molecule has 2 rings (SSSR count). The topological polar surface area (TPSA) is 49.3 Å². The molecule has 26 heavy (non-hydrogen) atoms. The third-order valence-electron chi connectivity index (χ3n) is 4.36. The molecule has 1 aliphatic rings. The van der Waals surface area contributed by atoms with Crippen molar-refractivity contribution in [2.24, 2.45) is 10.9 Å². The summed E-state index contributed by atoms with van der Waals surface area (Å²) >= 11 is 0. The second kappa shape index (κ2) is 11.8. The lowest BCUT2D eigenvalue weighted by atomic mass is 10.1. The maximum absolute atomic E-state index is 5.79. The van der Waals surface area contributed by atoms with E-state index in [2.05, 4.69) is 36.0 Å². The largest absolute Gasteiger partial charge is 0.492 e. The van der Waals surface area contributed by atoms with Gasteiger partial charge in [0, 0.05) is 39.8 Å². The Morgan fingerprint density at radius 2 is 2.04 bits per heavy atom. The van der Waals surface area contributed by atoms with Crippen LogP contribution in [0.3, 0.4) is 0 Å². The van der Waals surface area contributed by atoms with E-state index in [1.165, 1.54) is 0 Å². The van der Waals surface area contributed by atoms with Gasteiger partial charge in [-0.05, 0) is 25.0 Å². The van der Waals surface area contributed by atoms with Crippen LogP contribution in [0, 0.1) is 5.92 Å². The third kappa shape index (κ3) is 7.62. The SMILES string of the molecule is CCNC(=NCC(C)CN1CCOCC1)N(C)CCOc1ccccc1. The molecule has 1 N–H and O–H groups in total. The summed E-state index contributed by atoms with van der Waals surface area (Å²) in [5, 5.41) is 3.38. The maximum Gasteiger partial charge on any atom is 0.193 e. The monoisotopic (exact) mass is 362 g/mol. The van der Waals surface area contributed by atoms with Gasteiger partial charge in [-0.3, -0.25) is 9.89 Å². The number of aliphatic imine (C=N–C) groups is 1. The van der Waals surface area contributed by atoms with Gasteiger partial charge in [-0.15, -0.1) is 0 Å². The highest BCUT2D eigenvalue weighted by Gasteiger charge is 2.14. The molecule has 1 unspecified atom stereocenters. The average Bonchev–Trinajstić information content (AvgIpc) is 2.66.